The summed E-state index contributed by atoms with van der Waals surface area (Å²) in [5, 5.41) is 3.40. The summed E-state index contributed by atoms with van der Waals surface area (Å²) in [5.74, 6) is 1.64. The van der Waals surface area contributed by atoms with Gasteiger partial charge in [-0.3, -0.25) is 0 Å². The Balaban J connectivity index is 2.83. The molecule has 0 heterocycles. The van der Waals surface area contributed by atoms with Crippen LogP contribution in [0.15, 0.2) is 18.2 Å². The van der Waals surface area contributed by atoms with E-state index in [9.17, 15) is 0 Å². The molecule has 2 atom stereocenters. The minimum Gasteiger partial charge on any atom is -0.493 e. The van der Waals surface area contributed by atoms with Crippen LogP contribution in [0.5, 0.6) is 11.5 Å². The van der Waals surface area contributed by atoms with E-state index in [1.54, 1.807) is 7.11 Å². The fourth-order valence-corrected chi connectivity index (χ4v) is 2.16. The van der Waals surface area contributed by atoms with Gasteiger partial charge in [0.05, 0.1) is 13.2 Å². The molecule has 0 amide bonds. The average molecular weight is 265 g/mol. The first-order chi connectivity index (χ1) is 9.12. The first kappa shape index (κ1) is 15.8. The van der Waals surface area contributed by atoms with Crippen molar-refractivity contribution >= 4 is 0 Å². The SMILES string of the molecule is CCCC(C)Oc1ccc(C(C)NCC)cc1OC. The van der Waals surface area contributed by atoms with E-state index in [0.29, 0.717) is 6.04 Å². The number of ether oxygens (including phenoxy) is 2. The standard InChI is InChI=1S/C16H27NO2/c1-6-8-12(3)19-15-10-9-14(11-16(15)18-5)13(4)17-7-2/h9-13,17H,6-8H2,1-5H3. The van der Waals surface area contributed by atoms with Crippen molar-refractivity contribution in [1.29, 1.82) is 0 Å². The van der Waals surface area contributed by atoms with Crippen molar-refractivity contribution in [3.63, 3.8) is 0 Å². The van der Waals surface area contributed by atoms with Gasteiger partial charge in [0.2, 0.25) is 0 Å². The van der Waals surface area contributed by atoms with Crippen LogP contribution in [-0.4, -0.2) is 19.8 Å². The minimum atomic E-state index is 0.218. The Bertz CT molecular complexity index is 379. The average Bonchev–Trinajstić information content (AvgIpc) is 2.39. The van der Waals surface area contributed by atoms with E-state index >= 15 is 0 Å². The van der Waals surface area contributed by atoms with E-state index < -0.39 is 0 Å². The second-order valence-corrected chi connectivity index (χ2v) is 4.91. The first-order valence-electron chi connectivity index (χ1n) is 7.20. The Morgan fingerprint density at radius 1 is 1.16 bits per heavy atom. The molecule has 19 heavy (non-hydrogen) atoms. The molecule has 1 N–H and O–H groups in total. The molecule has 0 saturated heterocycles. The van der Waals surface area contributed by atoms with Crippen LogP contribution in [0.2, 0.25) is 0 Å². The summed E-state index contributed by atoms with van der Waals surface area (Å²) < 4.78 is 11.4. The molecule has 1 aromatic rings. The van der Waals surface area contributed by atoms with Crippen molar-refractivity contribution in [2.24, 2.45) is 0 Å². The monoisotopic (exact) mass is 265 g/mol. The lowest BCUT2D eigenvalue weighted by molar-refractivity contribution is 0.200. The van der Waals surface area contributed by atoms with Crippen molar-refractivity contribution in [3.05, 3.63) is 23.8 Å². The maximum atomic E-state index is 5.93. The Morgan fingerprint density at radius 2 is 1.89 bits per heavy atom. The number of nitrogens with one attached hydrogen (secondary N) is 1. The van der Waals surface area contributed by atoms with Crippen LogP contribution in [0, 0.1) is 0 Å². The molecule has 0 aliphatic carbocycles. The third kappa shape index (κ3) is 4.75. The number of rotatable bonds is 8. The molecule has 0 fully saturated rings. The van der Waals surface area contributed by atoms with E-state index in [-0.39, 0.29) is 6.10 Å². The molecule has 2 unspecified atom stereocenters. The second kappa shape index (κ2) is 8.05. The van der Waals surface area contributed by atoms with E-state index in [4.69, 9.17) is 9.47 Å². The molecule has 0 aliphatic rings. The van der Waals surface area contributed by atoms with Crippen LogP contribution in [0.25, 0.3) is 0 Å². The molecule has 108 valence electrons. The van der Waals surface area contributed by atoms with Crippen molar-refractivity contribution < 1.29 is 9.47 Å². The number of hydrogen-bond donors (Lipinski definition) is 1. The minimum absolute atomic E-state index is 0.218. The lowest BCUT2D eigenvalue weighted by Crippen LogP contribution is -2.18. The zero-order valence-electron chi connectivity index (χ0n) is 12.8. The summed E-state index contributed by atoms with van der Waals surface area (Å²) in [6.07, 6.45) is 2.40. The molecule has 1 aromatic carbocycles. The fourth-order valence-electron chi connectivity index (χ4n) is 2.16. The van der Waals surface area contributed by atoms with Crippen LogP contribution in [0.3, 0.4) is 0 Å². The third-order valence-corrected chi connectivity index (χ3v) is 3.22. The summed E-state index contributed by atoms with van der Waals surface area (Å²) >= 11 is 0. The molecule has 0 radical (unpaired) electrons. The van der Waals surface area contributed by atoms with Crippen LogP contribution in [0.1, 0.15) is 52.1 Å². The summed E-state index contributed by atoms with van der Waals surface area (Å²) in [5.41, 5.74) is 1.22. The smallest absolute Gasteiger partial charge is 0.161 e. The highest BCUT2D eigenvalue weighted by Gasteiger charge is 2.12. The molecular weight excluding hydrogens is 238 g/mol. The number of methoxy groups -OCH3 is 1. The topological polar surface area (TPSA) is 30.5 Å². The van der Waals surface area contributed by atoms with E-state index in [1.807, 2.05) is 6.07 Å². The summed E-state index contributed by atoms with van der Waals surface area (Å²) in [6.45, 7) is 9.47. The number of benzene rings is 1. The van der Waals surface area contributed by atoms with Gasteiger partial charge in [-0.05, 0) is 44.5 Å². The van der Waals surface area contributed by atoms with Gasteiger partial charge in [0.25, 0.3) is 0 Å². The zero-order valence-corrected chi connectivity index (χ0v) is 12.8. The Morgan fingerprint density at radius 3 is 2.47 bits per heavy atom. The van der Waals surface area contributed by atoms with Gasteiger partial charge in [0.15, 0.2) is 11.5 Å². The van der Waals surface area contributed by atoms with Crippen LogP contribution in [0.4, 0.5) is 0 Å². The maximum absolute atomic E-state index is 5.93. The van der Waals surface area contributed by atoms with Crippen molar-refractivity contribution in [3.8, 4) is 11.5 Å². The van der Waals surface area contributed by atoms with Gasteiger partial charge in [0, 0.05) is 6.04 Å². The summed E-state index contributed by atoms with van der Waals surface area (Å²) in [6, 6.07) is 6.49. The lowest BCUT2D eigenvalue weighted by atomic mass is 10.1. The third-order valence-electron chi connectivity index (χ3n) is 3.22. The van der Waals surface area contributed by atoms with Gasteiger partial charge in [0.1, 0.15) is 0 Å². The van der Waals surface area contributed by atoms with E-state index in [1.165, 1.54) is 5.56 Å². The van der Waals surface area contributed by atoms with Gasteiger partial charge in [-0.15, -0.1) is 0 Å². The predicted octanol–water partition coefficient (Wildman–Crippen LogP) is 3.93. The Hall–Kier alpha value is -1.22. The molecule has 1 rings (SSSR count). The molecule has 0 saturated carbocycles. The normalized spacial score (nSPS) is 13.9. The van der Waals surface area contributed by atoms with Gasteiger partial charge in [-0.2, -0.15) is 0 Å². The molecule has 0 bridgehead atoms. The van der Waals surface area contributed by atoms with Gasteiger partial charge < -0.3 is 14.8 Å². The van der Waals surface area contributed by atoms with Crippen molar-refractivity contribution in [2.75, 3.05) is 13.7 Å². The van der Waals surface area contributed by atoms with Crippen LogP contribution >= 0.6 is 0 Å². The molecule has 3 nitrogen and oxygen atoms in total. The highest BCUT2D eigenvalue weighted by molar-refractivity contribution is 5.43. The Kier molecular flexibility index (Phi) is 6.71. The highest BCUT2D eigenvalue weighted by atomic mass is 16.5. The fraction of sp³-hybridized carbons (Fsp3) is 0.625. The Labute approximate surface area is 117 Å². The number of hydrogen-bond acceptors (Lipinski definition) is 3. The van der Waals surface area contributed by atoms with Crippen molar-refractivity contribution in [1.82, 2.24) is 5.32 Å². The van der Waals surface area contributed by atoms with Gasteiger partial charge in [-0.1, -0.05) is 26.3 Å². The van der Waals surface area contributed by atoms with Crippen LogP contribution in [-0.2, 0) is 0 Å². The zero-order chi connectivity index (χ0) is 14.3. The molecule has 0 spiro atoms. The maximum Gasteiger partial charge on any atom is 0.161 e. The molecule has 3 heteroatoms. The van der Waals surface area contributed by atoms with E-state index in [0.717, 1.165) is 30.9 Å². The van der Waals surface area contributed by atoms with Crippen LogP contribution < -0.4 is 14.8 Å². The molecule has 0 aromatic heterocycles. The van der Waals surface area contributed by atoms with Gasteiger partial charge in [-0.25, -0.2) is 0 Å². The quantitative estimate of drug-likeness (QED) is 0.772. The predicted molar refractivity (Wildman–Crippen MR) is 80.1 cm³/mol. The first-order valence-corrected chi connectivity index (χ1v) is 7.20. The van der Waals surface area contributed by atoms with Crippen molar-refractivity contribution in [2.45, 2.75) is 52.7 Å². The molecule has 0 aliphatic heterocycles. The lowest BCUT2D eigenvalue weighted by Gasteiger charge is -2.19. The summed E-state index contributed by atoms with van der Waals surface area (Å²) in [4.78, 5) is 0. The highest BCUT2D eigenvalue weighted by Crippen LogP contribution is 2.31. The largest absolute Gasteiger partial charge is 0.493 e. The van der Waals surface area contributed by atoms with Gasteiger partial charge >= 0.3 is 0 Å². The summed E-state index contributed by atoms with van der Waals surface area (Å²) in [7, 11) is 1.69. The molecular formula is C16H27NO2. The second-order valence-electron chi connectivity index (χ2n) is 4.91. The van der Waals surface area contributed by atoms with E-state index in [2.05, 4.69) is 45.1 Å².